The lowest BCUT2D eigenvalue weighted by molar-refractivity contribution is -0.142. The number of nitrogens with zero attached hydrogens (tertiary/aromatic N) is 1. The van der Waals surface area contributed by atoms with E-state index in [9.17, 15) is 9.59 Å². The van der Waals surface area contributed by atoms with Crippen LogP contribution in [0.5, 0.6) is 0 Å². The maximum absolute atomic E-state index is 12.9. The summed E-state index contributed by atoms with van der Waals surface area (Å²) in [6.07, 6.45) is 4.02. The molecule has 0 atom stereocenters. The monoisotopic (exact) mass is 330 g/mol. The lowest BCUT2D eigenvalue weighted by Gasteiger charge is -2.26. The van der Waals surface area contributed by atoms with Crippen LogP contribution in [-0.2, 0) is 16.0 Å². The molecule has 0 spiro atoms. The Bertz CT molecular complexity index is 600. The molecule has 2 amide bonds. The number of para-hydroxylation sites is 1. The summed E-state index contributed by atoms with van der Waals surface area (Å²) in [5.41, 5.74) is 2.20. The Morgan fingerprint density at radius 2 is 1.75 bits per heavy atom. The highest BCUT2D eigenvalue weighted by Crippen LogP contribution is 2.48. The van der Waals surface area contributed by atoms with Crippen LogP contribution in [0.3, 0.4) is 0 Å². The first kappa shape index (κ1) is 18.5. The molecule has 1 aliphatic carbocycles. The molecule has 24 heavy (non-hydrogen) atoms. The van der Waals surface area contributed by atoms with Gasteiger partial charge in [0.05, 0.1) is 0 Å². The minimum Gasteiger partial charge on any atom is -0.342 e. The van der Waals surface area contributed by atoms with Crippen LogP contribution in [0.15, 0.2) is 18.2 Å². The summed E-state index contributed by atoms with van der Waals surface area (Å²) in [6.45, 7) is 9.66. The van der Waals surface area contributed by atoms with Crippen LogP contribution < -0.4 is 5.32 Å². The third-order valence-corrected chi connectivity index (χ3v) is 4.85. The highest BCUT2D eigenvalue weighted by Gasteiger charge is 2.57. The van der Waals surface area contributed by atoms with Gasteiger partial charge in [0.1, 0.15) is 5.41 Å². The number of amides is 2. The summed E-state index contributed by atoms with van der Waals surface area (Å²) in [4.78, 5) is 27.7. The molecule has 1 aromatic rings. The van der Waals surface area contributed by atoms with Gasteiger partial charge in [0.25, 0.3) is 0 Å². The third kappa shape index (κ3) is 3.63. The molecule has 1 N–H and O–H groups in total. The first-order chi connectivity index (χ1) is 11.5. The van der Waals surface area contributed by atoms with Crippen molar-refractivity contribution in [2.75, 3.05) is 18.4 Å². The zero-order chi connectivity index (χ0) is 17.7. The van der Waals surface area contributed by atoms with E-state index in [1.165, 1.54) is 0 Å². The van der Waals surface area contributed by atoms with Crippen LogP contribution in [-0.4, -0.2) is 29.8 Å². The van der Waals surface area contributed by atoms with Crippen LogP contribution in [0, 0.1) is 12.3 Å². The van der Waals surface area contributed by atoms with Gasteiger partial charge in [-0.05, 0) is 50.2 Å². The Balaban J connectivity index is 2.18. The Labute approximate surface area is 145 Å². The zero-order valence-electron chi connectivity index (χ0n) is 15.4. The predicted octanol–water partition coefficient (Wildman–Crippen LogP) is 3.92. The average Bonchev–Trinajstić information content (AvgIpc) is 3.37. The van der Waals surface area contributed by atoms with Crippen molar-refractivity contribution in [1.29, 1.82) is 0 Å². The summed E-state index contributed by atoms with van der Waals surface area (Å²) >= 11 is 0. The smallest absolute Gasteiger partial charge is 0.240 e. The summed E-state index contributed by atoms with van der Waals surface area (Å²) in [5, 5.41) is 3.07. The van der Waals surface area contributed by atoms with Crippen LogP contribution >= 0.6 is 0 Å². The fraction of sp³-hybridized carbons (Fsp3) is 0.600. The molecule has 1 saturated carbocycles. The topological polar surface area (TPSA) is 49.4 Å². The van der Waals surface area contributed by atoms with E-state index in [1.807, 2.05) is 30.0 Å². The van der Waals surface area contributed by atoms with Gasteiger partial charge >= 0.3 is 0 Å². The molecule has 4 heteroatoms. The lowest BCUT2D eigenvalue weighted by Crippen LogP contribution is -2.43. The van der Waals surface area contributed by atoms with E-state index in [-0.39, 0.29) is 11.8 Å². The number of benzene rings is 1. The largest absolute Gasteiger partial charge is 0.342 e. The van der Waals surface area contributed by atoms with Crippen LogP contribution in [0.25, 0.3) is 0 Å². The maximum Gasteiger partial charge on any atom is 0.240 e. The van der Waals surface area contributed by atoms with E-state index >= 15 is 0 Å². The van der Waals surface area contributed by atoms with Gasteiger partial charge < -0.3 is 10.2 Å². The van der Waals surface area contributed by atoms with Gasteiger partial charge in [-0.15, -0.1) is 0 Å². The van der Waals surface area contributed by atoms with Gasteiger partial charge in [0, 0.05) is 18.8 Å². The number of nitrogens with one attached hydrogen (secondary N) is 1. The minimum absolute atomic E-state index is 0.00957. The van der Waals surface area contributed by atoms with E-state index in [2.05, 4.69) is 26.1 Å². The molecular weight excluding hydrogens is 300 g/mol. The number of carbonyl (C=O) groups excluding carboxylic acids is 2. The Morgan fingerprint density at radius 3 is 2.25 bits per heavy atom. The van der Waals surface area contributed by atoms with E-state index < -0.39 is 5.41 Å². The zero-order valence-corrected chi connectivity index (χ0v) is 15.4. The number of rotatable bonds is 8. The second kappa shape index (κ2) is 7.82. The molecule has 2 rings (SSSR count). The van der Waals surface area contributed by atoms with Crippen LogP contribution in [0.1, 0.15) is 57.6 Å². The standard InChI is InChI=1S/C20H30N2O2/c1-5-13-22(14-6-2)19(24)20(11-12-20)18(23)21-17-15(4)9-8-10-16(17)7-3/h8-10H,5-7,11-14H2,1-4H3,(H,21,23). The molecule has 0 radical (unpaired) electrons. The van der Waals surface area contributed by atoms with Crippen molar-refractivity contribution in [2.45, 2.75) is 59.8 Å². The number of carbonyl (C=O) groups is 2. The van der Waals surface area contributed by atoms with Crippen molar-refractivity contribution in [3.05, 3.63) is 29.3 Å². The Hall–Kier alpha value is -1.84. The van der Waals surface area contributed by atoms with Crippen LogP contribution in [0.4, 0.5) is 5.69 Å². The third-order valence-electron chi connectivity index (χ3n) is 4.85. The van der Waals surface area contributed by atoms with Crippen molar-refractivity contribution in [2.24, 2.45) is 5.41 Å². The maximum atomic E-state index is 12.9. The van der Waals surface area contributed by atoms with E-state index in [1.54, 1.807) is 0 Å². The summed E-state index contributed by atoms with van der Waals surface area (Å²) < 4.78 is 0. The molecule has 4 nitrogen and oxygen atoms in total. The highest BCUT2D eigenvalue weighted by atomic mass is 16.2. The normalized spacial score (nSPS) is 15.0. The van der Waals surface area contributed by atoms with Crippen molar-refractivity contribution in [3.8, 4) is 0 Å². The van der Waals surface area contributed by atoms with Crippen molar-refractivity contribution in [3.63, 3.8) is 0 Å². The van der Waals surface area contributed by atoms with Gasteiger partial charge in [0.2, 0.25) is 11.8 Å². The van der Waals surface area contributed by atoms with Crippen molar-refractivity contribution >= 4 is 17.5 Å². The minimum atomic E-state index is -0.836. The molecule has 1 fully saturated rings. The second-order valence-corrected chi connectivity index (χ2v) is 6.79. The van der Waals surface area contributed by atoms with Crippen molar-refractivity contribution in [1.82, 2.24) is 4.90 Å². The van der Waals surface area contributed by atoms with Gasteiger partial charge in [0.15, 0.2) is 0 Å². The number of anilines is 1. The van der Waals surface area contributed by atoms with E-state index in [0.717, 1.165) is 49.2 Å². The molecule has 0 aliphatic heterocycles. The number of hydrogen-bond donors (Lipinski definition) is 1. The lowest BCUT2D eigenvalue weighted by atomic mass is 10.0. The molecule has 0 saturated heterocycles. The number of aryl methyl sites for hydroxylation is 2. The van der Waals surface area contributed by atoms with Gasteiger partial charge in [-0.1, -0.05) is 39.0 Å². The van der Waals surface area contributed by atoms with Crippen LogP contribution in [0.2, 0.25) is 0 Å². The molecule has 0 heterocycles. The number of hydrogen-bond acceptors (Lipinski definition) is 2. The fourth-order valence-electron chi connectivity index (χ4n) is 3.26. The molecule has 1 aliphatic rings. The second-order valence-electron chi connectivity index (χ2n) is 6.79. The average molecular weight is 330 g/mol. The Kier molecular flexibility index (Phi) is 6.03. The Morgan fingerprint density at radius 1 is 1.12 bits per heavy atom. The van der Waals surface area contributed by atoms with Crippen molar-refractivity contribution < 1.29 is 9.59 Å². The molecule has 0 bridgehead atoms. The fourth-order valence-corrected chi connectivity index (χ4v) is 3.26. The first-order valence-electron chi connectivity index (χ1n) is 9.19. The first-order valence-corrected chi connectivity index (χ1v) is 9.19. The summed E-state index contributed by atoms with van der Waals surface area (Å²) in [6, 6.07) is 6.03. The molecule has 132 valence electrons. The van der Waals surface area contributed by atoms with Gasteiger partial charge in [-0.2, -0.15) is 0 Å². The van der Waals surface area contributed by atoms with Gasteiger partial charge in [-0.25, -0.2) is 0 Å². The summed E-state index contributed by atoms with van der Waals surface area (Å²) in [7, 11) is 0. The predicted molar refractivity (Wildman–Crippen MR) is 98.0 cm³/mol. The molecule has 0 aromatic heterocycles. The molecule has 0 unspecified atom stereocenters. The molecular formula is C20H30N2O2. The van der Waals surface area contributed by atoms with E-state index in [4.69, 9.17) is 0 Å². The van der Waals surface area contributed by atoms with E-state index in [0.29, 0.717) is 12.8 Å². The molecule has 1 aromatic carbocycles. The SMILES string of the molecule is CCCN(CCC)C(=O)C1(C(=O)Nc2c(C)cccc2CC)CC1. The quantitative estimate of drug-likeness (QED) is 0.734. The highest BCUT2D eigenvalue weighted by molar-refractivity contribution is 6.13. The summed E-state index contributed by atoms with van der Waals surface area (Å²) in [5.74, 6) is -0.121. The van der Waals surface area contributed by atoms with Gasteiger partial charge in [-0.3, -0.25) is 9.59 Å².